The summed E-state index contributed by atoms with van der Waals surface area (Å²) in [5.41, 5.74) is 1.20. The minimum Gasteiger partial charge on any atom is -0.374 e. The number of aromatic nitrogens is 4. The van der Waals surface area contributed by atoms with E-state index < -0.39 is 6.23 Å². The monoisotopic (exact) mass is 429 g/mol. The summed E-state index contributed by atoms with van der Waals surface area (Å²) in [6.07, 6.45) is -1.01. The standard InChI is InChI=1S/C20H22FN6O2S/c1-11-16-17(25(4)13(3)28)23-18(19-22-12(2)24-30-19)27(16)10-9-26(11)20(29)14-5-7-15(21)8-6-14/h5-8,11,13,28H,3,9-10H2,1-2,4H3/t11?,13-/m1/s1. The molecule has 1 N–H and O–H groups in total. The Balaban J connectivity index is 1.77. The highest BCUT2D eigenvalue weighted by Crippen LogP contribution is 2.38. The Bertz CT molecular complexity index is 1080. The van der Waals surface area contributed by atoms with Gasteiger partial charge in [-0.3, -0.25) is 4.79 Å². The van der Waals surface area contributed by atoms with Crippen molar-refractivity contribution in [3.63, 3.8) is 0 Å². The van der Waals surface area contributed by atoms with Crippen LogP contribution in [0.2, 0.25) is 0 Å². The first kappa shape index (κ1) is 20.4. The Morgan fingerprint density at radius 2 is 2.03 bits per heavy atom. The van der Waals surface area contributed by atoms with Crippen molar-refractivity contribution in [2.24, 2.45) is 0 Å². The Morgan fingerprint density at radius 1 is 1.33 bits per heavy atom. The van der Waals surface area contributed by atoms with Gasteiger partial charge in [0.2, 0.25) is 0 Å². The van der Waals surface area contributed by atoms with Crippen molar-refractivity contribution in [1.29, 1.82) is 0 Å². The van der Waals surface area contributed by atoms with Crippen molar-refractivity contribution >= 4 is 23.3 Å². The first-order valence-corrected chi connectivity index (χ1v) is 10.3. The van der Waals surface area contributed by atoms with Gasteiger partial charge in [0.25, 0.3) is 5.91 Å². The summed E-state index contributed by atoms with van der Waals surface area (Å²) < 4.78 is 19.5. The number of halogens is 1. The van der Waals surface area contributed by atoms with Crippen molar-refractivity contribution in [2.45, 2.75) is 32.7 Å². The maximum absolute atomic E-state index is 13.3. The van der Waals surface area contributed by atoms with Crippen LogP contribution in [-0.4, -0.2) is 54.6 Å². The van der Waals surface area contributed by atoms with E-state index in [1.165, 1.54) is 35.8 Å². The summed E-state index contributed by atoms with van der Waals surface area (Å²) in [6, 6.07) is 5.19. The highest BCUT2D eigenvalue weighted by Gasteiger charge is 2.36. The molecule has 1 aliphatic heterocycles. The number of aryl methyl sites for hydroxylation is 1. The van der Waals surface area contributed by atoms with Gasteiger partial charge in [-0.2, -0.15) is 4.37 Å². The number of hydrogen-bond acceptors (Lipinski definition) is 7. The molecule has 1 radical (unpaired) electrons. The van der Waals surface area contributed by atoms with Crippen LogP contribution in [0.5, 0.6) is 0 Å². The van der Waals surface area contributed by atoms with Crippen molar-refractivity contribution in [3.05, 3.63) is 54.1 Å². The molecular weight excluding hydrogens is 407 g/mol. The highest BCUT2D eigenvalue weighted by atomic mass is 32.1. The van der Waals surface area contributed by atoms with Crippen LogP contribution in [0.3, 0.4) is 0 Å². The van der Waals surface area contributed by atoms with Crippen molar-refractivity contribution in [2.75, 3.05) is 18.5 Å². The second kappa shape index (κ2) is 7.77. The van der Waals surface area contributed by atoms with Crippen LogP contribution in [0, 0.1) is 19.7 Å². The van der Waals surface area contributed by atoms with E-state index in [2.05, 4.69) is 16.3 Å². The number of benzene rings is 1. The molecule has 0 saturated carbocycles. The molecule has 4 rings (SSSR count). The Hall–Kier alpha value is -2.85. The molecule has 3 aromatic rings. The highest BCUT2D eigenvalue weighted by molar-refractivity contribution is 7.09. The molecule has 0 bridgehead atoms. The van der Waals surface area contributed by atoms with E-state index in [1.807, 2.05) is 18.4 Å². The topological polar surface area (TPSA) is 87.4 Å². The second-order valence-electron chi connectivity index (χ2n) is 7.22. The summed E-state index contributed by atoms with van der Waals surface area (Å²) in [5.74, 6) is 1.27. The lowest BCUT2D eigenvalue weighted by Gasteiger charge is -2.36. The number of imidazole rings is 1. The molecule has 0 fully saturated rings. The van der Waals surface area contributed by atoms with Gasteiger partial charge in [0.05, 0.1) is 11.7 Å². The average molecular weight is 430 g/mol. The van der Waals surface area contributed by atoms with Crippen molar-refractivity contribution in [1.82, 2.24) is 23.8 Å². The van der Waals surface area contributed by atoms with Gasteiger partial charge in [-0.15, -0.1) is 0 Å². The lowest BCUT2D eigenvalue weighted by Crippen LogP contribution is -2.42. The lowest BCUT2D eigenvalue weighted by molar-refractivity contribution is 0.0645. The summed E-state index contributed by atoms with van der Waals surface area (Å²) in [6.45, 7) is 8.37. The maximum Gasteiger partial charge on any atom is 0.254 e. The molecule has 1 aromatic carbocycles. The normalized spacial score (nSPS) is 17.0. The fraction of sp³-hybridized carbons (Fsp3) is 0.350. The SMILES string of the molecule is [CH2][C@@H](O)N(C)c1nc(-c2nc(C)ns2)n2c1C(C)N(C(=O)c1ccc(F)cc1)CC2. The van der Waals surface area contributed by atoms with Crippen molar-refractivity contribution in [3.8, 4) is 10.8 Å². The van der Waals surface area contributed by atoms with Gasteiger partial charge in [0.15, 0.2) is 16.6 Å². The van der Waals surface area contributed by atoms with Crippen LogP contribution in [0.25, 0.3) is 10.8 Å². The van der Waals surface area contributed by atoms with Gasteiger partial charge < -0.3 is 19.5 Å². The quantitative estimate of drug-likeness (QED) is 0.642. The van der Waals surface area contributed by atoms with Gasteiger partial charge in [0.1, 0.15) is 17.9 Å². The van der Waals surface area contributed by atoms with Crippen LogP contribution in [0.15, 0.2) is 24.3 Å². The van der Waals surface area contributed by atoms with E-state index in [1.54, 1.807) is 16.8 Å². The minimum atomic E-state index is -1.01. The molecule has 2 atom stereocenters. The Labute approximate surface area is 177 Å². The minimum absolute atomic E-state index is 0.188. The molecule has 1 amide bonds. The molecule has 0 spiro atoms. The van der Waals surface area contributed by atoms with Gasteiger partial charge in [-0.25, -0.2) is 14.4 Å². The maximum atomic E-state index is 13.3. The van der Waals surface area contributed by atoms with Crippen LogP contribution in [0.1, 0.15) is 34.8 Å². The summed E-state index contributed by atoms with van der Waals surface area (Å²) in [5, 5.41) is 10.7. The number of fused-ring (bicyclic) bond motifs is 1. The predicted molar refractivity (Wildman–Crippen MR) is 111 cm³/mol. The van der Waals surface area contributed by atoms with E-state index >= 15 is 0 Å². The second-order valence-corrected chi connectivity index (χ2v) is 7.97. The van der Waals surface area contributed by atoms with Gasteiger partial charge in [-0.05, 0) is 56.6 Å². The fourth-order valence-corrected chi connectivity index (χ4v) is 4.30. The van der Waals surface area contributed by atoms with Gasteiger partial charge in [0, 0.05) is 25.7 Å². The van der Waals surface area contributed by atoms with Crippen molar-refractivity contribution < 1.29 is 14.3 Å². The van der Waals surface area contributed by atoms with E-state index in [0.717, 1.165) is 5.69 Å². The molecule has 157 valence electrons. The van der Waals surface area contributed by atoms with Crippen LogP contribution >= 0.6 is 11.5 Å². The fourth-order valence-electron chi connectivity index (χ4n) is 3.63. The van der Waals surface area contributed by atoms with E-state index in [0.29, 0.717) is 41.1 Å². The number of carbonyl (C=O) groups excluding carboxylic acids is 1. The Kier molecular flexibility index (Phi) is 5.29. The molecule has 10 heteroatoms. The predicted octanol–water partition coefficient (Wildman–Crippen LogP) is 2.65. The molecule has 0 saturated heterocycles. The zero-order valence-electron chi connectivity index (χ0n) is 16.9. The number of aliphatic hydroxyl groups is 1. The van der Waals surface area contributed by atoms with E-state index in [9.17, 15) is 14.3 Å². The van der Waals surface area contributed by atoms with Crippen LogP contribution in [-0.2, 0) is 6.54 Å². The summed E-state index contributed by atoms with van der Waals surface area (Å²) in [7, 11) is 1.70. The third kappa shape index (κ3) is 3.46. The Morgan fingerprint density at radius 3 is 2.63 bits per heavy atom. The largest absolute Gasteiger partial charge is 0.374 e. The summed E-state index contributed by atoms with van der Waals surface area (Å²) in [4.78, 5) is 25.6. The molecule has 0 aliphatic carbocycles. The van der Waals surface area contributed by atoms with E-state index in [4.69, 9.17) is 4.98 Å². The zero-order valence-corrected chi connectivity index (χ0v) is 17.7. The number of rotatable bonds is 4. The van der Waals surface area contributed by atoms with Gasteiger partial charge in [-0.1, -0.05) is 0 Å². The molecule has 30 heavy (non-hydrogen) atoms. The summed E-state index contributed by atoms with van der Waals surface area (Å²) >= 11 is 1.26. The lowest BCUT2D eigenvalue weighted by atomic mass is 10.1. The number of hydrogen-bond donors (Lipinski definition) is 1. The van der Waals surface area contributed by atoms with Crippen LogP contribution in [0.4, 0.5) is 10.2 Å². The smallest absolute Gasteiger partial charge is 0.254 e. The van der Waals surface area contributed by atoms with Gasteiger partial charge >= 0.3 is 0 Å². The molecule has 1 unspecified atom stereocenters. The first-order chi connectivity index (χ1) is 14.3. The van der Waals surface area contributed by atoms with Crippen LogP contribution < -0.4 is 4.90 Å². The number of amides is 1. The first-order valence-electron chi connectivity index (χ1n) is 9.49. The van der Waals surface area contributed by atoms with E-state index in [-0.39, 0.29) is 17.8 Å². The molecule has 1 aliphatic rings. The molecule has 8 nitrogen and oxygen atoms in total. The number of carbonyl (C=O) groups is 1. The molecule has 2 aromatic heterocycles. The number of nitrogens with zero attached hydrogens (tertiary/aromatic N) is 6. The average Bonchev–Trinajstić information content (AvgIpc) is 3.31. The molecule has 3 heterocycles. The third-order valence-electron chi connectivity index (χ3n) is 5.27. The third-order valence-corrected chi connectivity index (χ3v) is 6.07. The molecular formula is C20H22FN6O2S. The zero-order chi connectivity index (χ0) is 21.6. The number of aliphatic hydroxyl groups excluding tert-OH is 1. The number of anilines is 1.